The fourth-order valence-electron chi connectivity index (χ4n) is 2.62. The van der Waals surface area contributed by atoms with E-state index in [0.717, 1.165) is 35.9 Å². The summed E-state index contributed by atoms with van der Waals surface area (Å²) >= 11 is 0. The highest BCUT2D eigenvalue weighted by molar-refractivity contribution is 14.0. The molecule has 1 aliphatic rings. The first-order valence-corrected chi connectivity index (χ1v) is 8.71. The molecule has 146 valence electrons. The number of nitrogens with zero attached hydrogens (tertiary/aromatic N) is 1. The number of anilines is 1. The Labute approximate surface area is 172 Å². The number of carbonyl (C=O) groups is 1. The number of hydrogen-bond acceptors (Lipinski definition) is 4. The van der Waals surface area contributed by atoms with E-state index in [1.165, 1.54) is 0 Å². The molecule has 0 fully saturated rings. The van der Waals surface area contributed by atoms with E-state index >= 15 is 0 Å². The quantitative estimate of drug-likeness (QED) is 0.232. The van der Waals surface area contributed by atoms with Crippen molar-refractivity contribution in [2.24, 2.45) is 4.99 Å². The number of ether oxygens (including phenoxy) is 2. The molecule has 0 radical (unpaired) electrons. The molecular formula is C18H29IN4O3. The summed E-state index contributed by atoms with van der Waals surface area (Å²) in [6, 6.07) is 5.93. The lowest BCUT2D eigenvalue weighted by molar-refractivity contribution is -0.116. The van der Waals surface area contributed by atoms with Gasteiger partial charge in [-0.1, -0.05) is 0 Å². The predicted octanol–water partition coefficient (Wildman–Crippen LogP) is 2.16. The molecule has 1 unspecified atom stereocenters. The van der Waals surface area contributed by atoms with Crippen LogP contribution >= 0.6 is 24.0 Å². The number of halogens is 1. The number of amides is 1. The van der Waals surface area contributed by atoms with Crippen molar-refractivity contribution in [3.8, 4) is 5.75 Å². The molecule has 1 aromatic rings. The van der Waals surface area contributed by atoms with Gasteiger partial charge in [-0.2, -0.15) is 0 Å². The van der Waals surface area contributed by atoms with E-state index in [1.54, 1.807) is 7.11 Å². The number of guanidine groups is 1. The Kier molecular flexibility index (Phi) is 10.3. The van der Waals surface area contributed by atoms with Crippen LogP contribution in [-0.4, -0.2) is 51.3 Å². The van der Waals surface area contributed by atoms with Crippen LogP contribution in [0.2, 0.25) is 0 Å². The summed E-state index contributed by atoms with van der Waals surface area (Å²) in [6.07, 6.45) is 1.28. The van der Waals surface area contributed by atoms with Gasteiger partial charge in [-0.25, -0.2) is 4.99 Å². The monoisotopic (exact) mass is 476 g/mol. The van der Waals surface area contributed by atoms with E-state index in [-0.39, 0.29) is 35.9 Å². The Morgan fingerprint density at radius 1 is 1.38 bits per heavy atom. The largest absolute Gasteiger partial charge is 0.492 e. The zero-order valence-corrected chi connectivity index (χ0v) is 18.0. The average Bonchev–Trinajstić information content (AvgIpc) is 2.59. The first-order valence-electron chi connectivity index (χ1n) is 8.71. The van der Waals surface area contributed by atoms with Crippen molar-refractivity contribution in [2.75, 3.05) is 38.7 Å². The van der Waals surface area contributed by atoms with Crippen molar-refractivity contribution in [1.29, 1.82) is 0 Å². The Morgan fingerprint density at radius 3 is 2.92 bits per heavy atom. The SMILES string of the molecule is CCNC(=NCCOc1ccc2c(c1)CCC(=O)N2)NC(C)COC.I. The van der Waals surface area contributed by atoms with Gasteiger partial charge in [0, 0.05) is 31.8 Å². The van der Waals surface area contributed by atoms with Crippen molar-refractivity contribution < 1.29 is 14.3 Å². The van der Waals surface area contributed by atoms with Crippen LogP contribution in [0.25, 0.3) is 0 Å². The molecule has 1 amide bonds. The number of nitrogens with one attached hydrogen (secondary N) is 3. The molecule has 26 heavy (non-hydrogen) atoms. The Morgan fingerprint density at radius 2 is 2.19 bits per heavy atom. The van der Waals surface area contributed by atoms with E-state index in [1.807, 2.05) is 32.0 Å². The van der Waals surface area contributed by atoms with Crippen LogP contribution < -0.4 is 20.7 Å². The average molecular weight is 476 g/mol. The molecular weight excluding hydrogens is 447 g/mol. The van der Waals surface area contributed by atoms with Crippen LogP contribution in [0.1, 0.15) is 25.8 Å². The van der Waals surface area contributed by atoms with E-state index < -0.39 is 0 Å². The van der Waals surface area contributed by atoms with Crippen molar-refractivity contribution in [3.63, 3.8) is 0 Å². The van der Waals surface area contributed by atoms with Crippen molar-refractivity contribution in [3.05, 3.63) is 23.8 Å². The van der Waals surface area contributed by atoms with Crippen LogP contribution in [-0.2, 0) is 16.0 Å². The molecule has 2 rings (SSSR count). The van der Waals surface area contributed by atoms with Gasteiger partial charge in [0.1, 0.15) is 12.4 Å². The Balaban J connectivity index is 0.00000338. The first-order chi connectivity index (χ1) is 12.1. The predicted molar refractivity (Wildman–Crippen MR) is 115 cm³/mol. The topological polar surface area (TPSA) is 84.0 Å². The zero-order valence-electron chi connectivity index (χ0n) is 15.6. The van der Waals surface area contributed by atoms with Gasteiger partial charge < -0.3 is 25.4 Å². The molecule has 1 heterocycles. The number of hydrogen-bond donors (Lipinski definition) is 3. The van der Waals surface area contributed by atoms with Crippen LogP contribution in [0.5, 0.6) is 5.75 Å². The summed E-state index contributed by atoms with van der Waals surface area (Å²) < 4.78 is 10.9. The molecule has 7 nitrogen and oxygen atoms in total. The highest BCUT2D eigenvalue weighted by atomic mass is 127. The lowest BCUT2D eigenvalue weighted by atomic mass is 10.0. The van der Waals surface area contributed by atoms with Gasteiger partial charge in [0.25, 0.3) is 0 Å². The second-order valence-corrected chi connectivity index (χ2v) is 5.98. The summed E-state index contributed by atoms with van der Waals surface area (Å²) in [7, 11) is 1.68. The summed E-state index contributed by atoms with van der Waals surface area (Å²) in [5, 5.41) is 9.35. The van der Waals surface area contributed by atoms with Gasteiger partial charge in [-0.3, -0.25) is 4.79 Å². The molecule has 8 heteroatoms. The van der Waals surface area contributed by atoms with E-state index in [4.69, 9.17) is 9.47 Å². The second-order valence-electron chi connectivity index (χ2n) is 5.98. The minimum atomic E-state index is 0. The standard InChI is InChI=1S/C18H28N4O3.HI/c1-4-19-18(21-13(2)12-24-3)20-9-10-25-15-6-7-16-14(11-15)5-8-17(23)22-16;/h6-7,11,13H,4-5,8-10,12H2,1-3H3,(H,22,23)(H2,19,20,21);1H. The third-order valence-corrected chi connectivity index (χ3v) is 3.75. The maximum absolute atomic E-state index is 11.4. The van der Waals surface area contributed by atoms with Crippen molar-refractivity contribution in [2.45, 2.75) is 32.7 Å². The van der Waals surface area contributed by atoms with Crippen LogP contribution in [0, 0.1) is 0 Å². The van der Waals surface area contributed by atoms with E-state index in [9.17, 15) is 4.79 Å². The normalized spacial score (nSPS) is 14.6. The second kappa shape index (κ2) is 11.9. The van der Waals surface area contributed by atoms with Gasteiger partial charge in [0.15, 0.2) is 5.96 Å². The summed E-state index contributed by atoms with van der Waals surface area (Å²) in [5.41, 5.74) is 2.00. The molecule has 3 N–H and O–H groups in total. The number of fused-ring (bicyclic) bond motifs is 1. The zero-order chi connectivity index (χ0) is 18.1. The minimum absolute atomic E-state index is 0. The minimum Gasteiger partial charge on any atom is -0.492 e. The van der Waals surface area contributed by atoms with Gasteiger partial charge in [0.05, 0.1) is 13.2 Å². The fourth-order valence-corrected chi connectivity index (χ4v) is 2.62. The Bertz CT molecular complexity index is 610. The molecule has 0 aliphatic carbocycles. The summed E-state index contributed by atoms with van der Waals surface area (Å²) in [5.74, 6) is 1.63. The van der Waals surface area contributed by atoms with Gasteiger partial charge >= 0.3 is 0 Å². The molecule has 1 atom stereocenters. The molecule has 0 saturated heterocycles. The Hall–Kier alpha value is -1.55. The maximum Gasteiger partial charge on any atom is 0.224 e. The molecule has 0 bridgehead atoms. The molecule has 0 saturated carbocycles. The third kappa shape index (κ3) is 7.36. The fraction of sp³-hybridized carbons (Fsp3) is 0.556. The highest BCUT2D eigenvalue weighted by Crippen LogP contribution is 2.26. The first kappa shape index (κ1) is 22.5. The number of benzene rings is 1. The highest BCUT2D eigenvalue weighted by Gasteiger charge is 2.14. The molecule has 1 aromatic carbocycles. The van der Waals surface area contributed by atoms with Crippen LogP contribution in [0.4, 0.5) is 5.69 Å². The number of aryl methyl sites for hydroxylation is 1. The summed E-state index contributed by atoms with van der Waals surface area (Å²) in [4.78, 5) is 15.9. The third-order valence-electron chi connectivity index (χ3n) is 3.75. The van der Waals surface area contributed by atoms with Gasteiger partial charge in [0.2, 0.25) is 5.91 Å². The lowest BCUT2D eigenvalue weighted by Gasteiger charge is -2.18. The van der Waals surface area contributed by atoms with Crippen LogP contribution in [0.3, 0.4) is 0 Å². The lowest BCUT2D eigenvalue weighted by Crippen LogP contribution is -2.44. The number of methoxy groups -OCH3 is 1. The smallest absolute Gasteiger partial charge is 0.224 e. The van der Waals surface area contributed by atoms with Crippen molar-refractivity contribution in [1.82, 2.24) is 10.6 Å². The van der Waals surface area contributed by atoms with E-state index in [2.05, 4.69) is 20.9 Å². The van der Waals surface area contributed by atoms with Gasteiger partial charge in [-0.05, 0) is 44.0 Å². The van der Waals surface area contributed by atoms with Gasteiger partial charge in [-0.15, -0.1) is 24.0 Å². The molecule has 0 spiro atoms. The molecule has 0 aromatic heterocycles. The van der Waals surface area contributed by atoms with Crippen molar-refractivity contribution >= 4 is 41.5 Å². The number of aliphatic imine (C=N–C) groups is 1. The van der Waals surface area contributed by atoms with E-state index in [0.29, 0.717) is 26.2 Å². The number of rotatable bonds is 8. The maximum atomic E-state index is 11.4. The van der Waals surface area contributed by atoms with Crippen LogP contribution in [0.15, 0.2) is 23.2 Å². The summed E-state index contributed by atoms with van der Waals surface area (Å²) in [6.45, 7) is 6.51. The molecule has 1 aliphatic heterocycles. The number of carbonyl (C=O) groups excluding carboxylic acids is 1.